The molecule has 2 aliphatic heterocycles. The molecule has 0 saturated carbocycles. The number of carbonyl (C=O) groups excluding carboxylic acids is 1. The Morgan fingerprint density at radius 1 is 1.53 bits per heavy atom. The highest BCUT2D eigenvalue weighted by Crippen LogP contribution is 2.13. The Labute approximate surface area is 103 Å². The van der Waals surface area contributed by atoms with E-state index in [0.717, 1.165) is 0 Å². The maximum atomic E-state index is 12.0. The molecule has 0 aromatic carbocycles. The van der Waals surface area contributed by atoms with Crippen LogP contribution in [0, 0.1) is 0 Å². The van der Waals surface area contributed by atoms with Crippen LogP contribution in [0.1, 0.15) is 6.42 Å². The minimum Gasteiger partial charge on any atom is -0.870 e. The predicted octanol–water partition coefficient (Wildman–Crippen LogP) is 0.629. The lowest BCUT2D eigenvalue weighted by Gasteiger charge is -2.19. The fourth-order valence-electron chi connectivity index (χ4n) is 1.56. The molecule has 0 aromatic rings. The van der Waals surface area contributed by atoms with Crippen molar-refractivity contribution in [2.24, 2.45) is 4.99 Å². The lowest BCUT2D eigenvalue weighted by Crippen LogP contribution is -3.14. The number of allylic oxidation sites excluding steroid dienone is 3. The lowest BCUT2D eigenvalue weighted by atomic mass is 10.1. The summed E-state index contributed by atoms with van der Waals surface area (Å²) < 4.78 is 0. The number of amides is 1. The summed E-state index contributed by atoms with van der Waals surface area (Å²) >= 11 is 5.81. The smallest absolute Gasteiger partial charge is 0.356 e. The van der Waals surface area contributed by atoms with E-state index >= 15 is 0 Å². The molecular formula is C11H11ClN2O3. The molecule has 17 heavy (non-hydrogen) atoms. The first kappa shape index (κ1) is 13.4. The summed E-state index contributed by atoms with van der Waals surface area (Å²) in [6.07, 6.45) is 6.63. The van der Waals surface area contributed by atoms with E-state index in [2.05, 4.69) is 11.6 Å². The molecule has 1 unspecified atom stereocenters. The maximum absolute atomic E-state index is 12.0. The third-order valence-corrected chi connectivity index (χ3v) is 2.56. The van der Waals surface area contributed by atoms with Crippen molar-refractivity contribution in [3.05, 3.63) is 47.5 Å². The van der Waals surface area contributed by atoms with E-state index in [9.17, 15) is 9.90 Å². The SMILES string of the molecule is C=CCC1=C(O)N=C2C=CC(Cl)=C[NH+]2C1=O.[OH-]. The molecule has 6 heteroatoms. The number of halogens is 1. The van der Waals surface area contributed by atoms with Gasteiger partial charge in [0.1, 0.15) is 11.8 Å². The maximum Gasteiger partial charge on any atom is 0.356 e. The van der Waals surface area contributed by atoms with Crippen LogP contribution < -0.4 is 4.90 Å². The summed E-state index contributed by atoms with van der Waals surface area (Å²) in [7, 11) is 0. The highest BCUT2D eigenvalue weighted by Gasteiger charge is 2.35. The van der Waals surface area contributed by atoms with Gasteiger partial charge < -0.3 is 10.6 Å². The molecule has 5 nitrogen and oxygen atoms in total. The average molecular weight is 255 g/mol. The number of amidine groups is 1. The van der Waals surface area contributed by atoms with Crippen LogP contribution >= 0.6 is 11.6 Å². The van der Waals surface area contributed by atoms with Crippen molar-refractivity contribution in [1.82, 2.24) is 0 Å². The number of fused-ring (bicyclic) bond motifs is 1. The van der Waals surface area contributed by atoms with Crippen LogP contribution in [-0.2, 0) is 4.79 Å². The Kier molecular flexibility index (Phi) is 4.01. The Hall–Kier alpha value is -1.69. The van der Waals surface area contributed by atoms with E-state index in [1.165, 1.54) is 0 Å². The second-order valence-corrected chi connectivity index (χ2v) is 3.83. The molecule has 0 aromatic heterocycles. The third-order valence-electron chi connectivity index (χ3n) is 2.32. The number of nitrogens with zero attached hydrogens (tertiary/aromatic N) is 1. The molecule has 0 spiro atoms. The molecule has 1 amide bonds. The Morgan fingerprint density at radius 2 is 2.24 bits per heavy atom. The van der Waals surface area contributed by atoms with E-state index in [4.69, 9.17) is 11.6 Å². The van der Waals surface area contributed by atoms with Crippen molar-refractivity contribution < 1.29 is 20.3 Å². The van der Waals surface area contributed by atoms with Gasteiger partial charge in [0, 0.05) is 12.5 Å². The number of rotatable bonds is 2. The number of quaternary nitrogens is 1. The first-order valence-electron chi connectivity index (χ1n) is 4.72. The van der Waals surface area contributed by atoms with Gasteiger partial charge in [0.2, 0.25) is 11.7 Å². The molecular weight excluding hydrogens is 244 g/mol. The summed E-state index contributed by atoms with van der Waals surface area (Å²) in [5.74, 6) is -0.0377. The van der Waals surface area contributed by atoms with Crippen LogP contribution in [0.5, 0.6) is 0 Å². The summed E-state index contributed by atoms with van der Waals surface area (Å²) in [6, 6.07) is 0. The van der Waals surface area contributed by atoms with E-state index in [1.807, 2.05) is 0 Å². The molecule has 0 bridgehead atoms. The van der Waals surface area contributed by atoms with Crippen molar-refractivity contribution in [2.45, 2.75) is 6.42 Å². The molecule has 2 heterocycles. The van der Waals surface area contributed by atoms with Gasteiger partial charge in [-0.3, -0.25) is 0 Å². The highest BCUT2D eigenvalue weighted by molar-refractivity contribution is 6.31. The lowest BCUT2D eigenvalue weighted by molar-refractivity contribution is -0.656. The van der Waals surface area contributed by atoms with Gasteiger partial charge in [-0.25, -0.2) is 4.79 Å². The third kappa shape index (κ3) is 2.36. The van der Waals surface area contributed by atoms with Gasteiger partial charge in [0.05, 0.1) is 5.03 Å². The van der Waals surface area contributed by atoms with E-state index in [-0.39, 0.29) is 22.8 Å². The molecule has 3 N–H and O–H groups in total. The fourth-order valence-corrected chi connectivity index (χ4v) is 1.73. The number of nitrogens with one attached hydrogen (secondary N) is 1. The van der Waals surface area contributed by atoms with Crippen LogP contribution in [0.2, 0.25) is 0 Å². The predicted molar refractivity (Wildman–Crippen MR) is 62.9 cm³/mol. The van der Waals surface area contributed by atoms with Gasteiger partial charge >= 0.3 is 5.91 Å². The van der Waals surface area contributed by atoms with E-state index in [0.29, 0.717) is 22.2 Å². The summed E-state index contributed by atoms with van der Waals surface area (Å²) in [4.78, 5) is 16.3. The van der Waals surface area contributed by atoms with Crippen LogP contribution in [0.15, 0.2) is 52.5 Å². The van der Waals surface area contributed by atoms with Crippen LogP contribution in [0.3, 0.4) is 0 Å². The molecule has 0 saturated heterocycles. The molecule has 90 valence electrons. The summed E-state index contributed by atoms with van der Waals surface area (Å²) in [5.41, 5.74) is 0.254. The minimum absolute atomic E-state index is 0. The number of aliphatic hydroxyl groups excluding tert-OH is 1. The second kappa shape index (κ2) is 5.09. The minimum atomic E-state index is -0.245. The number of hydrogen-bond acceptors (Lipinski definition) is 4. The van der Waals surface area contributed by atoms with Gasteiger partial charge in [-0.15, -0.1) is 6.58 Å². The summed E-state index contributed by atoms with van der Waals surface area (Å²) in [5, 5.41) is 10.1. The van der Waals surface area contributed by atoms with Crippen molar-refractivity contribution in [3.63, 3.8) is 0 Å². The fraction of sp³-hybridized carbons (Fsp3) is 0.0909. The summed E-state index contributed by atoms with van der Waals surface area (Å²) in [6.45, 7) is 3.53. The van der Waals surface area contributed by atoms with Crippen molar-refractivity contribution in [1.29, 1.82) is 0 Å². The first-order chi connectivity index (χ1) is 7.63. The average Bonchev–Trinajstić information content (AvgIpc) is 2.26. The van der Waals surface area contributed by atoms with Crippen LogP contribution in [0.4, 0.5) is 0 Å². The van der Waals surface area contributed by atoms with Gasteiger partial charge in [-0.05, 0) is 6.08 Å². The number of hydrogen-bond donors (Lipinski definition) is 2. The Morgan fingerprint density at radius 3 is 2.88 bits per heavy atom. The molecule has 0 fully saturated rings. The monoisotopic (exact) mass is 254 g/mol. The topological polar surface area (TPSA) is 84.1 Å². The normalized spacial score (nSPS) is 22.4. The second-order valence-electron chi connectivity index (χ2n) is 3.40. The standard InChI is InChI=1S/C11H9ClN2O2.H2O/c1-2-3-8-10(15)13-9-5-4-7(12)6-14(9)11(8)16;/h2,4-6,15H,1,3H2;1H2. The highest BCUT2D eigenvalue weighted by atomic mass is 35.5. The van der Waals surface area contributed by atoms with Crippen molar-refractivity contribution in [2.75, 3.05) is 0 Å². The Balaban J connectivity index is 0.00000144. The molecule has 2 rings (SSSR count). The van der Waals surface area contributed by atoms with Crippen LogP contribution in [0.25, 0.3) is 0 Å². The zero-order valence-electron chi connectivity index (χ0n) is 8.85. The number of carbonyl (C=O) groups is 1. The molecule has 2 aliphatic rings. The zero-order chi connectivity index (χ0) is 11.7. The molecule has 0 radical (unpaired) electrons. The largest absolute Gasteiger partial charge is 0.870 e. The van der Waals surface area contributed by atoms with Gasteiger partial charge in [0.15, 0.2) is 0 Å². The molecule has 0 aliphatic carbocycles. The number of aliphatic imine (C=N–C) groups is 1. The van der Waals surface area contributed by atoms with E-state index < -0.39 is 0 Å². The zero-order valence-corrected chi connectivity index (χ0v) is 9.61. The van der Waals surface area contributed by atoms with Gasteiger partial charge in [-0.1, -0.05) is 17.7 Å². The van der Waals surface area contributed by atoms with E-state index in [1.54, 1.807) is 24.4 Å². The van der Waals surface area contributed by atoms with Crippen molar-refractivity contribution >= 4 is 23.3 Å². The van der Waals surface area contributed by atoms with Gasteiger partial charge in [0.25, 0.3) is 0 Å². The quantitative estimate of drug-likeness (QED) is 0.709. The first-order valence-corrected chi connectivity index (χ1v) is 5.10. The number of aliphatic hydroxyl groups is 1. The van der Waals surface area contributed by atoms with Crippen molar-refractivity contribution in [3.8, 4) is 0 Å². The van der Waals surface area contributed by atoms with Gasteiger partial charge in [-0.2, -0.15) is 9.89 Å². The van der Waals surface area contributed by atoms with Crippen LogP contribution in [-0.4, -0.2) is 22.3 Å². The molecule has 1 atom stereocenters. The Bertz CT molecular complexity index is 489.